The fraction of sp³-hybridized carbons (Fsp3) is 0.812. The van der Waals surface area contributed by atoms with Crippen molar-refractivity contribution in [3.63, 3.8) is 0 Å². The fourth-order valence-corrected chi connectivity index (χ4v) is 2.85. The number of carbonyl (C=O) groups is 2. The van der Waals surface area contributed by atoms with Gasteiger partial charge in [0, 0.05) is 12.8 Å². The number of ether oxygens (including phenoxy) is 1. The van der Waals surface area contributed by atoms with E-state index in [0.29, 0.717) is 17.6 Å². The molecule has 2 aliphatic carbocycles. The summed E-state index contributed by atoms with van der Waals surface area (Å²) in [6, 6.07) is 0. The predicted molar refractivity (Wildman–Crippen MR) is 80.1 cm³/mol. The van der Waals surface area contributed by atoms with Crippen LogP contribution in [0.5, 0.6) is 0 Å². The number of hydrogen-bond donors (Lipinski definition) is 2. The van der Waals surface area contributed by atoms with Gasteiger partial charge in [0.05, 0.1) is 13.0 Å². The smallest absolute Gasteiger partial charge is 0.469 e. The summed E-state index contributed by atoms with van der Waals surface area (Å²) in [4.78, 5) is 22.2. The van der Waals surface area contributed by atoms with Crippen molar-refractivity contribution in [2.45, 2.75) is 58.2 Å². The van der Waals surface area contributed by atoms with E-state index in [-0.39, 0.29) is 88.2 Å². The van der Waals surface area contributed by atoms with Crippen molar-refractivity contribution < 1.29 is 93.4 Å². The van der Waals surface area contributed by atoms with Gasteiger partial charge in [-0.1, -0.05) is 0 Å². The molecule has 0 aromatic rings. The van der Waals surface area contributed by atoms with Gasteiger partial charge < -0.3 is 22.4 Å². The second-order valence-electron chi connectivity index (χ2n) is 6.44. The van der Waals surface area contributed by atoms with E-state index in [0.717, 1.165) is 38.5 Å². The van der Waals surface area contributed by atoms with Crippen LogP contribution in [-0.4, -0.2) is 34.9 Å². The van der Waals surface area contributed by atoms with Crippen LogP contribution in [0.1, 0.15) is 52.4 Å². The van der Waals surface area contributed by atoms with Crippen molar-refractivity contribution in [1.82, 2.24) is 0 Å². The Morgan fingerprint density at radius 1 is 1.27 bits per heavy atom. The van der Waals surface area contributed by atoms with E-state index in [2.05, 4.69) is 0 Å². The Hall–Kier alpha value is 1.11. The zero-order valence-corrected chi connectivity index (χ0v) is 20.9. The normalized spacial score (nSPS) is 26.6. The van der Waals surface area contributed by atoms with Crippen molar-refractivity contribution in [2.24, 2.45) is 17.8 Å². The van der Waals surface area contributed by atoms with Gasteiger partial charge in [0.2, 0.25) is 0 Å². The monoisotopic (exact) mass is 434 g/mol. The van der Waals surface area contributed by atoms with Crippen LogP contribution >= 0.6 is 0 Å². The van der Waals surface area contributed by atoms with Crippen LogP contribution in [-0.2, 0) is 14.3 Å². The zero-order chi connectivity index (χ0) is 15.3. The van der Waals surface area contributed by atoms with Crippen LogP contribution in [0.15, 0.2) is 0 Å². The summed E-state index contributed by atoms with van der Waals surface area (Å²) in [6.45, 7) is 2.60. The molecule has 1 atom stereocenters. The average Bonchev–Trinajstić information content (AvgIpc) is 2.65. The summed E-state index contributed by atoms with van der Waals surface area (Å²) >= 11 is 0. The molecule has 0 radical (unpaired) electrons. The van der Waals surface area contributed by atoms with Gasteiger partial charge in [-0.15, -0.1) is 0 Å². The van der Waals surface area contributed by atoms with Gasteiger partial charge >= 0.3 is 74.9 Å². The molecule has 5 nitrogen and oxygen atoms in total. The number of hydrogen-bond acceptors (Lipinski definition) is 5. The number of esters is 1. The molecule has 6 heteroatoms. The van der Waals surface area contributed by atoms with Gasteiger partial charge in [-0.25, -0.2) is 0 Å². The molecule has 0 amide bonds. The molecule has 0 bridgehead atoms. The SMILES string of the molecule is CC(C)(O)O.COC(=O)C1CC(CC2CCC(=O)C2)C1.[CH3-].[Cs+]. The minimum Gasteiger partial charge on any atom is -0.469 e. The molecule has 124 valence electrons. The Bertz CT molecular complexity index is 339. The molecular weight excluding hydrogens is 405 g/mol. The summed E-state index contributed by atoms with van der Waals surface area (Å²) in [5.74, 6) is 0.251. The van der Waals surface area contributed by atoms with E-state index < -0.39 is 5.79 Å². The van der Waals surface area contributed by atoms with Crippen LogP contribution in [0, 0.1) is 25.2 Å². The second kappa shape index (κ2) is 11.6. The zero-order valence-electron chi connectivity index (χ0n) is 14.6. The maximum atomic E-state index is 11.2. The first-order chi connectivity index (χ1) is 9.19. The first kappa shape index (κ1) is 25.4. The van der Waals surface area contributed by atoms with E-state index in [1.165, 1.54) is 21.0 Å². The molecule has 0 aromatic heterocycles. The van der Waals surface area contributed by atoms with E-state index in [1.54, 1.807) is 0 Å². The van der Waals surface area contributed by atoms with Gasteiger partial charge in [0.15, 0.2) is 5.79 Å². The van der Waals surface area contributed by atoms with Crippen molar-refractivity contribution in [2.75, 3.05) is 7.11 Å². The number of Topliss-reactive ketones (excluding diaryl/α,β-unsaturated/α-hetero) is 1. The molecule has 2 saturated carbocycles. The summed E-state index contributed by atoms with van der Waals surface area (Å²) in [7, 11) is 1.45. The van der Waals surface area contributed by atoms with Crippen molar-refractivity contribution >= 4 is 11.8 Å². The average molecular weight is 434 g/mol. The Morgan fingerprint density at radius 3 is 2.14 bits per heavy atom. The Morgan fingerprint density at radius 2 is 1.77 bits per heavy atom. The first-order valence-corrected chi connectivity index (χ1v) is 7.23. The Kier molecular flexibility index (Phi) is 13.4. The summed E-state index contributed by atoms with van der Waals surface area (Å²) in [5.41, 5.74) is 0. The number of methoxy groups -OCH3 is 1. The Labute approximate surface area is 193 Å². The van der Waals surface area contributed by atoms with Crippen molar-refractivity contribution in [1.29, 1.82) is 0 Å². The third kappa shape index (κ3) is 10.8. The van der Waals surface area contributed by atoms with Gasteiger partial charge in [0.25, 0.3) is 0 Å². The van der Waals surface area contributed by atoms with Crippen LogP contribution in [0.4, 0.5) is 0 Å². The van der Waals surface area contributed by atoms with E-state index in [9.17, 15) is 9.59 Å². The third-order valence-corrected chi connectivity index (χ3v) is 3.78. The largest absolute Gasteiger partial charge is 1.00 e. The molecule has 2 N–H and O–H groups in total. The summed E-state index contributed by atoms with van der Waals surface area (Å²) < 4.78 is 4.70. The van der Waals surface area contributed by atoms with E-state index >= 15 is 0 Å². The molecule has 2 rings (SSSR count). The van der Waals surface area contributed by atoms with E-state index in [4.69, 9.17) is 14.9 Å². The third-order valence-electron chi connectivity index (χ3n) is 3.78. The molecule has 2 fully saturated rings. The standard InChI is InChI=1S/C12H18O3.C3H8O2.CH3.Cs/c1-15-12(14)10-5-9(6-10)4-8-2-3-11(13)7-8;1-3(2,4)5;;/h8-10H,2-7H2,1H3;4-5H,1-2H3;1H3;/q;;-1;+1. The molecule has 0 saturated heterocycles. The molecular formula is C16H29CsO5. The molecule has 0 heterocycles. The van der Waals surface area contributed by atoms with Crippen LogP contribution in [0.25, 0.3) is 0 Å². The van der Waals surface area contributed by atoms with Crippen LogP contribution in [0.2, 0.25) is 0 Å². The number of rotatable bonds is 3. The number of aliphatic hydroxyl groups is 2. The first-order valence-electron chi connectivity index (χ1n) is 7.23. The van der Waals surface area contributed by atoms with Crippen molar-refractivity contribution in [3.05, 3.63) is 7.43 Å². The molecule has 22 heavy (non-hydrogen) atoms. The molecule has 0 aliphatic heterocycles. The summed E-state index contributed by atoms with van der Waals surface area (Å²) in [5, 5.41) is 16.2. The predicted octanol–water partition coefficient (Wildman–Crippen LogP) is -0.894. The van der Waals surface area contributed by atoms with Gasteiger partial charge in [-0.3, -0.25) is 9.59 Å². The minimum atomic E-state index is -1.50. The number of ketones is 1. The maximum absolute atomic E-state index is 11.2. The minimum absolute atomic E-state index is 0. The Balaban J connectivity index is 0. The van der Waals surface area contributed by atoms with Crippen molar-refractivity contribution in [3.8, 4) is 0 Å². The fourth-order valence-electron chi connectivity index (χ4n) is 2.85. The van der Waals surface area contributed by atoms with Crippen LogP contribution < -0.4 is 68.9 Å². The quantitative estimate of drug-likeness (QED) is 0.342. The number of carbonyl (C=O) groups excluding carboxylic acids is 2. The topological polar surface area (TPSA) is 83.8 Å². The van der Waals surface area contributed by atoms with Gasteiger partial charge in [-0.05, 0) is 51.4 Å². The molecule has 0 spiro atoms. The molecule has 0 aromatic carbocycles. The molecule has 2 aliphatic rings. The summed E-state index contributed by atoms with van der Waals surface area (Å²) in [6.07, 6.45) is 5.70. The maximum Gasteiger partial charge on any atom is 1.00 e. The molecule has 1 unspecified atom stereocenters. The van der Waals surface area contributed by atoms with Crippen LogP contribution in [0.3, 0.4) is 0 Å². The van der Waals surface area contributed by atoms with E-state index in [1.807, 2.05) is 0 Å². The van der Waals surface area contributed by atoms with Gasteiger partial charge in [0.1, 0.15) is 5.78 Å². The van der Waals surface area contributed by atoms with Gasteiger partial charge in [-0.2, -0.15) is 0 Å². The second-order valence-corrected chi connectivity index (χ2v) is 6.44.